The molecular weight excluding hydrogens is 260 g/mol. The summed E-state index contributed by atoms with van der Waals surface area (Å²) in [7, 11) is 1.27. The summed E-state index contributed by atoms with van der Waals surface area (Å²) in [5.41, 5.74) is 6.83. The third-order valence-electron chi connectivity index (χ3n) is 2.52. The molecule has 0 atom stereocenters. The molecule has 0 radical (unpaired) electrons. The molecule has 0 fully saturated rings. The Kier molecular flexibility index (Phi) is 3.90. The Morgan fingerprint density at radius 2 is 2.10 bits per heavy atom. The highest BCUT2D eigenvalue weighted by Gasteiger charge is 2.12. The number of benzene rings is 1. The van der Waals surface area contributed by atoms with Crippen LogP contribution in [-0.2, 0) is 4.74 Å². The van der Waals surface area contributed by atoms with Crippen LogP contribution in [0.3, 0.4) is 0 Å². The van der Waals surface area contributed by atoms with Gasteiger partial charge in [0.25, 0.3) is 5.91 Å². The number of nitrogens with zero attached hydrogens (tertiary/aromatic N) is 2. The largest absolute Gasteiger partial charge is 0.465 e. The van der Waals surface area contributed by atoms with Crippen molar-refractivity contribution in [3.63, 3.8) is 0 Å². The highest BCUT2D eigenvalue weighted by Crippen LogP contribution is 2.21. The molecule has 0 saturated carbocycles. The average molecular weight is 272 g/mol. The maximum Gasteiger partial charge on any atom is 0.337 e. The normalized spacial score (nSPS) is 9.85. The summed E-state index contributed by atoms with van der Waals surface area (Å²) in [5.74, 6) is -0.980. The molecule has 0 unspecified atom stereocenters. The van der Waals surface area contributed by atoms with E-state index < -0.39 is 11.9 Å². The lowest BCUT2D eigenvalue weighted by molar-refractivity contribution is 0.0600. The smallest absolute Gasteiger partial charge is 0.337 e. The first-order valence-corrected chi connectivity index (χ1v) is 5.67. The SMILES string of the molecule is COC(=O)c1ccc(N)c(NC(=O)c2cnccn2)c1. The Hall–Kier alpha value is -2.96. The minimum Gasteiger partial charge on any atom is -0.465 e. The quantitative estimate of drug-likeness (QED) is 0.640. The van der Waals surface area contributed by atoms with E-state index >= 15 is 0 Å². The first-order valence-electron chi connectivity index (χ1n) is 5.67. The fourth-order valence-electron chi connectivity index (χ4n) is 1.51. The van der Waals surface area contributed by atoms with Crippen LogP contribution in [0.4, 0.5) is 11.4 Å². The molecule has 0 saturated heterocycles. The molecule has 2 rings (SSSR count). The van der Waals surface area contributed by atoms with Crippen LogP contribution in [0.25, 0.3) is 0 Å². The molecule has 7 heteroatoms. The van der Waals surface area contributed by atoms with Crippen molar-refractivity contribution in [2.45, 2.75) is 0 Å². The second-order valence-corrected chi connectivity index (χ2v) is 3.84. The fraction of sp³-hybridized carbons (Fsp3) is 0.0769. The van der Waals surface area contributed by atoms with Crippen LogP contribution in [0.2, 0.25) is 0 Å². The molecule has 1 aromatic heterocycles. The van der Waals surface area contributed by atoms with E-state index in [1.165, 1.54) is 43.9 Å². The van der Waals surface area contributed by atoms with Gasteiger partial charge in [-0.1, -0.05) is 0 Å². The van der Waals surface area contributed by atoms with Gasteiger partial charge in [0.15, 0.2) is 0 Å². The molecule has 1 aromatic carbocycles. The van der Waals surface area contributed by atoms with Gasteiger partial charge in [0, 0.05) is 12.4 Å². The van der Waals surface area contributed by atoms with Crippen LogP contribution in [-0.4, -0.2) is 29.0 Å². The molecule has 1 heterocycles. The zero-order chi connectivity index (χ0) is 14.5. The summed E-state index contributed by atoms with van der Waals surface area (Å²) in [6.07, 6.45) is 4.20. The number of hydrogen-bond acceptors (Lipinski definition) is 6. The number of nitrogen functional groups attached to an aromatic ring is 1. The molecule has 0 aliphatic carbocycles. The van der Waals surface area contributed by atoms with Crippen LogP contribution in [0.1, 0.15) is 20.8 Å². The van der Waals surface area contributed by atoms with Gasteiger partial charge in [-0.25, -0.2) is 9.78 Å². The number of amides is 1. The van der Waals surface area contributed by atoms with Crippen molar-refractivity contribution in [3.05, 3.63) is 48.0 Å². The summed E-state index contributed by atoms with van der Waals surface area (Å²) >= 11 is 0. The van der Waals surface area contributed by atoms with Crippen molar-refractivity contribution < 1.29 is 14.3 Å². The molecule has 3 N–H and O–H groups in total. The van der Waals surface area contributed by atoms with E-state index in [1.807, 2.05) is 0 Å². The number of rotatable bonds is 3. The van der Waals surface area contributed by atoms with E-state index in [2.05, 4.69) is 20.0 Å². The van der Waals surface area contributed by atoms with Crippen LogP contribution >= 0.6 is 0 Å². The number of ether oxygens (including phenoxy) is 1. The summed E-state index contributed by atoms with van der Waals surface area (Å²) in [4.78, 5) is 31.0. The van der Waals surface area contributed by atoms with E-state index in [0.717, 1.165) is 0 Å². The number of anilines is 2. The molecule has 2 aromatic rings. The average Bonchev–Trinajstić information content (AvgIpc) is 2.49. The predicted octanol–water partition coefficient (Wildman–Crippen LogP) is 1.10. The van der Waals surface area contributed by atoms with Crippen LogP contribution in [0.15, 0.2) is 36.8 Å². The summed E-state index contributed by atoms with van der Waals surface area (Å²) < 4.78 is 4.61. The van der Waals surface area contributed by atoms with Crippen LogP contribution in [0.5, 0.6) is 0 Å². The predicted molar refractivity (Wildman–Crippen MR) is 72.2 cm³/mol. The van der Waals surface area contributed by atoms with E-state index in [9.17, 15) is 9.59 Å². The maximum atomic E-state index is 11.9. The van der Waals surface area contributed by atoms with Gasteiger partial charge in [0.2, 0.25) is 0 Å². The highest BCUT2D eigenvalue weighted by molar-refractivity contribution is 6.05. The second kappa shape index (κ2) is 5.79. The molecule has 0 bridgehead atoms. The third kappa shape index (κ3) is 2.89. The summed E-state index contributed by atoms with van der Waals surface area (Å²) in [6.45, 7) is 0. The van der Waals surface area contributed by atoms with E-state index in [0.29, 0.717) is 11.4 Å². The number of nitrogens with two attached hydrogens (primary N) is 1. The molecule has 0 aliphatic rings. The zero-order valence-electron chi connectivity index (χ0n) is 10.7. The number of carbonyl (C=O) groups is 2. The Morgan fingerprint density at radius 3 is 2.75 bits per heavy atom. The fourth-order valence-corrected chi connectivity index (χ4v) is 1.51. The van der Waals surface area contributed by atoms with E-state index in [1.54, 1.807) is 0 Å². The van der Waals surface area contributed by atoms with Gasteiger partial charge < -0.3 is 15.8 Å². The lowest BCUT2D eigenvalue weighted by Gasteiger charge is -2.09. The summed E-state index contributed by atoms with van der Waals surface area (Å²) in [5, 5.41) is 2.57. The third-order valence-corrected chi connectivity index (χ3v) is 2.52. The van der Waals surface area contributed by atoms with Gasteiger partial charge in [0.1, 0.15) is 5.69 Å². The molecule has 7 nitrogen and oxygen atoms in total. The molecule has 0 spiro atoms. The van der Waals surface area contributed by atoms with Crippen molar-refractivity contribution in [1.29, 1.82) is 0 Å². The number of methoxy groups -OCH3 is 1. The maximum absolute atomic E-state index is 11.9. The van der Waals surface area contributed by atoms with Gasteiger partial charge >= 0.3 is 5.97 Å². The monoisotopic (exact) mass is 272 g/mol. The van der Waals surface area contributed by atoms with Crippen molar-refractivity contribution in [3.8, 4) is 0 Å². The van der Waals surface area contributed by atoms with Crippen molar-refractivity contribution >= 4 is 23.3 Å². The molecule has 20 heavy (non-hydrogen) atoms. The number of esters is 1. The zero-order valence-corrected chi connectivity index (χ0v) is 10.7. The molecule has 102 valence electrons. The standard InChI is InChI=1S/C13H12N4O3/c1-20-13(19)8-2-3-9(14)10(6-8)17-12(18)11-7-15-4-5-16-11/h2-7H,14H2,1H3,(H,17,18). The Morgan fingerprint density at radius 1 is 1.30 bits per heavy atom. The first kappa shape index (κ1) is 13.5. The van der Waals surface area contributed by atoms with E-state index in [4.69, 9.17) is 5.73 Å². The van der Waals surface area contributed by atoms with Crippen molar-refractivity contribution in [1.82, 2.24) is 9.97 Å². The Balaban J connectivity index is 2.25. The Bertz CT molecular complexity index is 643. The molecular formula is C13H12N4O3. The molecule has 0 aliphatic heterocycles. The highest BCUT2D eigenvalue weighted by atomic mass is 16.5. The Labute approximate surface area is 114 Å². The van der Waals surface area contributed by atoms with Gasteiger partial charge in [-0.3, -0.25) is 9.78 Å². The van der Waals surface area contributed by atoms with Gasteiger partial charge in [-0.15, -0.1) is 0 Å². The van der Waals surface area contributed by atoms with Crippen LogP contribution < -0.4 is 11.1 Å². The van der Waals surface area contributed by atoms with Gasteiger partial charge in [-0.05, 0) is 18.2 Å². The summed E-state index contributed by atoms with van der Waals surface area (Å²) in [6, 6.07) is 4.47. The minimum atomic E-state index is -0.514. The number of carbonyl (C=O) groups excluding carboxylic acids is 2. The number of nitrogens with one attached hydrogen (secondary N) is 1. The minimum absolute atomic E-state index is 0.148. The number of hydrogen-bond donors (Lipinski definition) is 2. The lowest BCUT2D eigenvalue weighted by Crippen LogP contribution is -2.15. The van der Waals surface area contributed by atoms with Crippen LogP contribution in [0, 0.1) is 0 Å². The number of aromatic nitrogens is 2. The lowest BCUT2D eigenvalue weighted by atomic mass is 10.1. The second-order valence-electron chi connectivity index (χ2n) is 3.84. The molecule has 1 amide bonds. The van der Waals surface area contributed by atoms with Crippen molar-refractivity contribution in [2.75, 3.05) is 18.2 Å². The van der Waals surface area contributed by atoms with Crippen molar-refractivity contribution in [2.24, 2.45) is 0 Å². The van der Waals surface area contributed by atoms with Gasteiger partial charge in [0.05, 0.1) is 30.2 Å². The first-order chi connectivity index (χ1) is 9.61. The topological polar surface area (TPSA) is 107 Å². The van der Waals surface area contributed by atoms with Gasteiger partial charge in [-0.2, -0.15) is 0 Å². The van der Waals surface area contributed by atoms with E-state index in [-0.39, 0.29) is 11.3 Å².